The number of carbonyl (C=O) groups is 2. The molecular formula is C19H19N3O3S. The minimum absolute atomic E-state index is 0.115. The largest absolute Gasteiger partial charge is 0.461 e. The molecule has 1 aromatic heterocycles. The van der Waals surface area contributed by atoms with Crippen LogP contribution in [-0.2, 0) is 9.53 Å². The third-order valence-corrected chi connectivity index (χ3v) is 4.67. The molecule has 0 fully saturated rings. The zero-order valence-corrected chi connectivity index (χ0v) is 15.6. The van der Waals surface area contributed by atoms with Crippen molar-refractivity contribution in [2.75, 3.05) is 18.6 Å². The molecule has 1 atom stereocenters. The molecule has 2 rings (SSSR count). The monoisotopic (exact) mass is 369 g/mol. The van der Waals surface area contributed by atoms with Crippen molar-refractivity contribution in [2.45, 2.75) is 24.1 Å². The molecular weight excluding hydrogens is 350 g/mol. The van der Waals surface area contributed by atoms with E-state index in [0.29, 0.717) is 10.6 Å². The summed E-state index contributed by atoms with van der Waals surface area (Å²) >= 11 is 1.14. The van der Waals surface area contributed by atoms with E-state index >= 15 is 0 Å². The van der Waals surface area contributed by atoms with E-state index < -0.39 is 11.2 Å². The molecule has 1 aromatic carbocycles. The second-order valence-electron chi connectivity index (χ2n) is 5.37. The molecule has 0 aliphatic heterocycles. The van der Waals surface area contributed by atoms with Gasteiger partial charge in [0.15, 0.2) is 0 Å². The highest BCUT2D eigenvalue weighted by molar-refractivity contribution is 8.00. The van der Waals surface area contributed by atoms with Crippen molar-refractivity contribution in [1.82, 2.24) is 4.98 Å². The first-order valence-electron chi connectivity index (χ1n) is 8.05. The average Bonchev–Trinajstić information content (AvgIpc) is 2.67. The van der Waals surface area contributed by atoms with Gasteiger partial charge in [0, 0.05) is 12.7 Å². The van der Waals surface area contributed by atoms with E-state index in [9.17, 15) is 14.9 Å². The predicted octanol–water partition coefficient (Wildman–Crippen LogP) is 3.27. The summed E-state index contributed by atoms with van der Waals surface area (Å²) in [5.41, 5.74) is 1.20. The first kappa shape index (κ1) is 19.5. The van der Waals surface area contributed by atoms with Gasteiger partial charge in [-0.25, -0.2) is 9.78 Å². The Hall–Kier alpha value is -2.85. The van der Waals surface area contributed by atoms with Crippen LogP contribution >= 0.6 is 11.8 Å². The Balaban J connectivity index is 2.20. The number of esters is 1. The van der Waals surface area contributed by atoms with Gasteiger partial charge in [-0.15, -0.1) is 0 Å². The van der Waals surface area contributed by atoms with Crippen molar-refractivity contribution in [2.24, 2.45) is 0 Å². The Morgan fingerprint density at radius 2 is 1.96 bits per heavy atom. The first-order chi connectivity index (χ1) is 12.5. The Kier molecular flexibility index (Phi) is 6.75. The van der Waals surface area contributed by atoms with Crippen molar-refractivity contribution < 1.29 is 14.3 Å². The summed E-state index contributed by atoms with van der Waals surface area (Å²) in [4.78, 5) is 30.3. The molecule has 7 heteroatoms. The number of hydrogen-bond donors (Lipinski definition) is 0. The molecule has 1 amide bonds. The van der Waals surface area contributed by atoms with E-state index in [1.807, 2.05) is 36.4 Å². The molecule has 0 aliphatic carbocycles. The summed E-state index contributed by atoms with van der Waals surface area (Å²) in [7, 11) is 1.70. The van der Waals surface area contributed by atoms with Gasteiger partial charge in [0.1, 0.15) is 16.8 Å². The van der Waals surface area contributed by atoms with E-state index in [1.54, 1.807) is 25.8 Å². The second kappa shape index (κ2) is 9.02. The number of para-hydroxylation sites is 1. The van der Waals surface area contributed by atoms with Gasteiger partial charge < -0.3 is 9.64 Å². The van der Waals surface area contributed by atoms with E-state index in [1.165, 1.54) is 12.1 Å². The van der Waals surface area contributed by atoms with Crippen LogP contribution in [-0.4, -0.2) is 35.8 Å². The third-order valence-electron chi connectivity index (χ3n) is 3.58. The first-order valence-corrected chi connectivity index (χ1v) is 8.93. The van der Waals surface area contributed by atoms with Crippen LogP contribution in [0.5, 0.6) is 0 Å². The Morgan fingerprint density at radius 3 is 2.58 bits per heavy atom. The van der Waals surface area contributed by atoms with Crippen LogP contribution in [0.4, 0.5) is 5.69 Å². The van der Waals surface area contributed by atoms with Gasteiger partial charge in [0.05, 0.1) is 17.4 Å². The SMILES string of the molecule is CCOC(=O)c1ccc(C#N)c(S[C@H](C)C(=O)N(C)c2ccccc2)n1. The molecule has 134 valence electrons. The number of carbonyl (C=O) groups excluding carboxylic acids is 2. The maximum absolute atomic E-state index is 12.7. The molecule has 0 N–H and O–H groups in total. The summed E-state index contributed by atoms with van der Waals surface area (Å²) in [6.45, 7) is 3.68. The van der Waals surface area contributed by atoms with Crippen LogP contribution in [0.3, 0.4) is 0 Å². The fourth-order valence-electron chi connectivity index (χ4n) is 2.20. The molecule has 1 heterocycles. The normalized spacial score (nSPS) is 11.3. The molecule has 0 unspecified atom stereocenters. The topological polar surface area (TPSA) is 83.3 Å². The molecule has 26 heavy (non-hydrogen) atoms. The predicted molar refractivity (Wildman–Crippen MR) is 100 cm³/mol. The number of nitriles is 1. The number of thioether (sulfide) groups is 1. The smallest absolute Gasteiger partial charge is 0.356 e. The summed E-state index contributed by atoms with van der Waals surface area (Å²) in [5, 5.41) is 9.12. The van der Waals surface area contributed by atoms with Crippen LogP contribution in [0.1, 0.15) is 29.9 Å². The number of aromatic nitrogens is 1. The summed E-state index contributed by atoms with van der Waals surface area (Å²) < 4.78 is 4.94. The summed E-state index contributed by atoms with van der Waals surface area (Å²) in [5.74, 6) is -0.687. The van der Waals surface area contributed by atoms with Crippen molar-refractivity contribution >= 4 is 29.3 Å². The molecule has 6 nitrogen and oxygen atoms in total. The van der Waals surface area contributed by atoms with Crippen molar-refractivity contribution in [3.63, 3.8) is 0 Å². The Morgan fingerprint density at radius 1 is 1.27 bits per heavy atom. The lowest BCUT2D eigenvalue weighted by Gasteiger charge is -2.21. The summed E-state index contributed by atoms with van der Waals surface area (Å²) in [6, 6.07) is 14.3. The highest BCUT2D eigenvalue weighted by Gasteiger charge is 2.22. The number of rotatable bonds is 6. The van der Waals surface area contributed by atoms with Crippen molar-refractivity contribution in [3.05, 3.63) is 53.7 Å². The number of benzene rings is 1. The minimum atomic E-state index is -0.556. The van der Waals surface area contributed by atoms with Gasteiger partial charge >= 0.3 is 5.97 Å². The molecule has 0 radical (unpaired) electrons. The van der Waals surface area contributed by atoms with E-state index in [4.69, 9.17) is 4.74 Å². The number of nitrogens with zero attached hydrogens (tertiary/aromatic N) is 3. The van der Waals surface area contributed by atoms with Crippen molar-refractivity contribution in [3.8, 4) is 6.07 Å². The zero-order chi connectivity index (χ0) is 19.1. The lowest BCUT2D eigenvalue weighted by Crippen LogP contribution is -2.33. The van der Waals surface area contributed by atoms with Crippen LogP contribution in [0.2, 0.25) is 0 Å². The lowest BCUT2D eigenvalue weighted by atomic mass is 10.2. The Labute approximate surface area is 156 Å². The van der Waals surface area contributed by atoms with Crippen LogP contribution < -0.4 is 4.90 Å². The van der Waals surface area contributed by atoms with Gasteiger partial charge in [-0.05, 0) is 38.1 Å². The maximum atomic E-state index is 12.7. The van der Waals surface area contributed by atoms with Crippen LogP contribution in [0.15, 0.2) is 47.5 Å². The fourth-order valence-corrected chi connectivity index (χ4v) is 3.19. The van der Waals surface area contributed by atoms with Crippen LogP contribution in [0.25, 0.3) is 0 Å². The number of amides is 1. The number of pyridine rings is 1. The average molecular weight is 369 g/mol. The third kappa shape index (κ3) is 4.61. The van der Waals surface area contributed by atoms with E-state index in [-0.39, 0.29) is 18.2 Å². The molecule has 2 aromatic rings. The molecule has 0 aliphatic rings. The second-order valence-corrected chi connectivity index (χ2v) is 6.70. The van der Waals surface area contributed by atoms with Crippen LogP contribution in [0, 0.1) is 11.3 Å². The zero-order valence-electron chi connectivity index (χ0n) is 14.8. The molecule has 0 bridgehead atoms. The number of ether oxygens (including phenoxy) is 1. The van der Waals surface area contributed by atoms with Gasteiger partial charge in [-0.1, -0.05) is 30.0 Å². The highest BCUT2D eigenvalue weighted by Crippen LogP contribution is 2.27. The van der Waals surface area contributed by atoms with Gasteiger partial charge in [0.2, 0.25) is 5.91 Å². The summed E-state index contributed by atoms with van der Waals surface area (Å²) in [6.07, 6.45) is 0. The minimum Gasteiger partial charge on any atom is -0.461 e. The number of hydrogen-bond acceptors (Lipinski definition) is 6. The van der Waals surface area contributed by atoms with E-state index in [0.717, 1.165) is 17.4 Å². The van der Waals surface area contributed by atoms with E-state index in [2.05, 4.69) is 4.98 Å². The van der Waals surface area contributed by atoms with Gasteiger partial charge in [-0.2, -0.15) is 5.26 Å². The lowest BCUT2D eigenvalue weighted by molar-refractivity contribution is -0.117. The molecule has 0 spiro atoms. The quantitative estimate of drug-likeness (QED) is 0.574. The Bertz CT molecular complexity index is 834. The maximum Gasteiger partial charge on any atom is 0.356 e. The standard InChI is InChI=1S/C19H19N3O3S/c1-4-25-19(24)16-11-10-14(12-20)17(21-16)26-13(2)18(23)22(3)15-8-6-5-7-9-15/h5-11,13H,4H2,1-3H3/t13-/m1/s1. The fraction of sp³-hybridized carbons (Fsp3) is 0.263. The van der Waals surface area contributed by atoms with Gasteiger partial charge in [-0.3, -0.25) is 4.79 Å². The highest BCUT2D eigenvalue weighted by atomic mass is 32.2. The van der Waals surface area contributed by atoms with Crippen molar-refractivity contribution in [1.29, 1.82) is 5.26 Å². The molecule has 0 saturated heterocycles. The molecule has 0 saturated carbocycles. The number of anilines is 1. The van der Waals surface area contributed by atoms with Gasteiger partial charge in [0.25, 0.3) is 0 Å².